The number of aliphatic hydroxyl groups excluding tert-OH is 1. The fraction of sp³-hybridized carbons (Fsp3) is 0.250. The van der Waals surface area contributed by atoms with Crippen LogP contribution in [-0.2, 0) is 32.0 Å². The molecule has 0 spiro atoms. The highest BCUT2D eigenvalue weighted by molar-refractivity contribution is 6.30. The molecule has 0 saturated carbocycles. The van der Waals surface area contributed by atoms with Crippen LogP contribution in [0, 0.1) is 0 Å². The average Bonchev–Trinajstić information content (AvgIpc) is 3.43. The average molecular weight is 638 g/mol. The number of amides is 3. The Kier molecular flexibility index (Phi) is 11.1. The van der Waals surface area contributed by atoms with Crippen molar-refractivity contribution < 1.29 is 24.3 Å². The van der Waals surface area contributed by atoms with Gasteiger partial charge in [-0.25, -0.2) is 0 Å². The fourth-order valence-corrected chi connectivity index (χ4v) is 5.02. The van der Waals surface area contributed by atoms with Crippen LogP contribution in [0.3, 0.4) is 0 Å². The van der Waals surface area contributed by atoms with Crippen molar-refractivity contribution in [3.05, 3.63) is 100 Å². The molecule has 4 aromatic rings. The number of rotatable bonds is 13. The van der Waals surface area contributed by atoms with Crippen LogP contribution >= 0.6 is 23.2 Å². The van der Waals surface area contributed by atoms with Crippen molar-refractivity contribution in [1.29, 1.82) is 0 Å². The topological polar surface area (TPSA) is 158 Å². The van der Waals surface area contributed by atoms with Gasteiger partial charge in [0.25, 0.3) is 5.91 Å². The maximum atomic E-state index is 14.1. The zero-order valence-electron chi connectivity index (χ0n) is 23.8. The Bertz CT molecular complexity index is 1610. The van der Waals surface area contributed by atoms with Gasteiger partial charge in [0, 0.05) is 39.3 Å². The summed E-state index contributed by atoms with van der Waals surface area (Å²) in [7, 11) is 0. The van der Waals surface area contributed by atoms with Crippen LogP contribution in [0.4, 0.5) is 5.69 Å². The Balaban J connectivity index is 1.57. The van der Waals surface area contributed by atoms with Crippen molar-refractivity contribution in [2.75, 3.05) is 11.5 Å². The highest BCUT2D eigenvalue weighted by Crippen LogP contribution is 2.24. The normalized spacial score (nSPS) is 13.8. The number of aromatic nitrogens is 1. The number of carbonyl (C=O) groups excluding carboxylic acids is 4. The van der Waals surface area contributed by atoms with E-state index in [4.69, 9.17) is 28.9 Å². The molecule has 6 N–H and O–H groups in total. The van der Waals surface area contributed by atoms with Crippen molar-refractivity contribution in [2.45, 2.75) is 43.9 Å². The lowest BCUT2D eigenvalue weighted by Crippen LogP contribution is -2.58. The van der Waals surface area contributed by atoms with E-state index >= 15 is 0 Å². The van der Waals surface area contributed by atoms with Crippen molar-refractivity contribution in [1.82, 2.24) is 15.6 Å². The van der Waals surface area contributed by atoms with Crippen LogP contribution in [0.25, 0.3) is 10.9 Å². The van der Waals surface area contributed by atoms with Gasteiger partial charge in [-0.1, -0.05) is 53.5 Å². The van der Waals surface area contributed by atoms with Gasteiger partial charge in [-0.2, -0.15) is 0 Å². The van der Waals surface area contributed by atoms with E-state index in [1.165, 1.54) is 31.2 Å². The zero-order chi connectivity index (χ0) is 31.8. The molecule has 12 heteroatoms. The number of nitrogens with one attached hydrogen (secondary N) is 3. The van der Waals surface area contributed by atoms with Gasteiger partial charge in [0.1, 0.15) is 18.1 Å². The van der Waals surface area contributed by atoms with E-state index in [-0.39, 0.29) is 18.5 Å². The number of H-pyrrole nitrogens is 1. The summed E-state index contributed by atoms with van der Waals surface area (Å²) in [6.45, 7) is 0.770. The number of carbonyl (C=O) groups is 3. The molecule has 4 rings (SSSR count). The molecule has 10 nitrogen and oxygen atoms in total. The fourth-order valence-electron chi connectivity index (χ4n) is 4.77. The van der Waals surface area contributed by atoms with Crippen molar-refractivity contribution in [3.63, 3.8) is 0 Å². The number of hydrogen-bond donors (Lipinski definition) is 5. The molecular formula is C32H32Cl2N5O5. The molecule has 0 saturated heterocycles. The standard InChI is InChI=1S/C32H32Cl2N5O5/c1-19(37-31(43)27(35)14-20-6-8-22(33)9-7-20)30(42)38-29(15-21-16-36-28-5-3-2-4-26(21)28)32(44)39(25(17-40)18-41)24-12-10-23(34)11-13-24/h2-13,16,19,25,27,29,36,40H,14-15,17,35H2,1H3,(H,37,43)(H,38,42)/t19-,25-,27-,29+/m0/s1. The van der Waals surface area contributed by atoms with Crippen LogP contribution in [-0.4, -0.2) is 64.9 Å². The lowest BCUT2D eigenvalue weighted by molar-refractivity contribution is -0.131. The quantitative estimate of drug-likeness (QED) is 0.152. The molecule has 229 valence electrons. The zero-order valence-corrected chi connectivity index (χ0v) is 25.3. The number of hydrogen-bond acceptors (Lipinski definition) is 6. The predicted molar refractivity (Wildman–Crippen MR) is 170 cm³/mol. The summed E-state index contributed by atoms with van der Waals surface area (Å²) in [5.41, 5.74) is 8.73. The lowest BCUT2D eigenvalue weighted by Gasteiger charge is -2.31. The minimum absolute atomic E-state index is 0.0342. The number of nitrogens with zero attached hydrogens (tertiary/aromatic N) is 1. The first kappa shape index (κ1) is 32.7. The monoisotopic (exact) mass is 636 g/mol. The second-order valence-corrected chi connectivity index (χ2v) is 11.2. The number of para-hydroxylation sites is 1. The molecule has 0 aliphatic carbocycles. The van der Waals surface area contributed by atoms with E-state index in [1.54, 1.807) is 36.7 Å². The lowest BCUT2D eigenvalue weighted by atomic mass is 10.0. The molecule has 0 unspecified atom stereocenters. The third-order valence-electron chi connectivity index (χ3n) is 7.13. The van der Waals surface area contributed by atoms with Gasteiger partial charge in [0.05, 0.1) is 12.6 Å². The van der Waals surface area contributed by atoms with E-state index in [2.05, 4.69) is 15.6 Å². The van der Waals surface area contributed by atoms with Gasteiger partial charge in [-0.15, -0.1) is 0 Å². The number of benzene rings is 3. The first-order chi connectivity index (χ1) is 21.1. The van der Waals surface area contributed by atoms with Crippen molar-refractivity contribution in [3.8, 4) is 0 Å². The molecule has 1 radical (unpaired) electrons. The SMILES string of the molecule is C[C@H](NC(=O)[C@@H](N)Cc1ccc(Cl)cc1)C(=O)N[C@H](Cc1c[nH]c2ccccc12)C(=O)N(c1ccc(Cl)cc1)[C@H]([C]=O)CO. The van der Waals surface area contributed by atoms with Gasteiger partial charge in [-0.3, -0.25) is 24.1 Å². The van der Waals surface area contributed by atoms with E-state index in [9.17, 15) is 24.3 Å². The van der Waals surface area contributed by atoms with E-state index in [1.807, 2.05) is 24.3 Å². The third-order valence-corrected chi connectivity index (χ3v) is 7.64. The first-order valence-corrected chi connectivity index (χ1v) is 14.6. The molecule has 0 bridgehead atoms. The molecule has 0 aliphatic heterocycles. The molecule has 3 amide bonds. The molecule has 1 aromatic heterocycles. The minimum atomic E-state index is -1.35. The highest BCUT2D eigenvalue weighted by Gasteiger charge is 2.34. The van der Waals surface area contributed by atoms with Gasteiger partial charge in [0.2, 0.25) is 18.1 Å². The summed E-state index contributed by atoms with van der Waals surface area (Å²) in [5, 5.41) is 17.1. The molecule has 44 heavy (non-hydrogen) atoms. The van der Waals surface area contributed by atoms with E-state index in [0.29, 0.717) is 10.0 Å². The Labute approximate surface area is 264 Å². The molecule has 0 aliphatic rings. The maximum absolute atomic E-state index is 14.1. The van der Waals surface area contributed by atoms with Gasteiger partial charge in [-0.05, 0) is 66.9 Å². The summed E-state index contributed by atoms with van der Waals surface area (Å²) in [6, 6.07) is 15.9. The highest BCUT2D eigenvalue weighted by atomic mass is 35.5. The summed E-state index contributed by atoms with van der Waals surface area (Å²) in [4.78, 5) is 56.4. The number of aliphatic hydroxyl groups is 1. The van der Waals surface area contributed by atoms with Crippen LogP contribution in [0.15, 0.2) is 79.0 Å². The maximum Gasteiger partial charge on any atom is 0.250 e. The largest absolute Gasteiger partial charge is 0.394 e. The molecule has 4 atom stereocenters. The number of aromatic amines is 1. The summed E-state index contributed by atoms with van der Waals surface area (Å²) >= 11 is 12.0. The number of fused-ring (bicyclic) bond motifs is 1. The molecule has 0 fully saturated rings. The van der Waals surface area contributed by atoms with E-state index in [0.717, 1.165) is 26.9 Å². The third kappa shape index (κ3) is 8.03. The Morgan fingerprint density at radius 1 is 0.932 bits per heavy atom. The van der Waals surface area contributed by atoms with Crippen molar-refractivity contribution >= 4 is 63.8 Å². The van der Waals surface area contributed by atoms with E-state index < -0.39 is 48.5 Å². The Hall–Kier alpha value is -4.22. The number of anilines is 1. The summed E-state index contributed by atoms with van der Waals surface area (Å²) in [6.07, 6.45) is 3.69. The van der Waals surface area contributed by atoms with Gasteiger partial charge in [0.15, 0.2) is 0 Å². The summed E-state index contributed by atoms with van der Waals surface area (Å²) < 4.78 is 0. The van der Waals surface area contributed by atoms with Crippen LogP contribution in [0.2, 0.25) is 10.0 Å². The van der Waals surface area contributed by atoms with Crippen molar-refractivity contribution in [2.24, 2.45) is 5.73 Å². The van der Waals surface area contributed by atoms with Crippen LogP contribution in [0.1, 0.15) is 18.1 Å². The summed E-state index contributed by atoms with van der Waals surface area (Å²) in [5.74, 6) is -1.88. The van der Waals surface area contributed by atoms with Gasteiger partial charge < -0.3 is 26.5 Å². The number of nitrogens with two attached hydrogens (primary N) is 1. The second kappa shape index (κ2) is 15.0. The Morgan fingerprint density at radius 2 is 1.57 bits per heavy atom. The molecule has 3 aromatic carbocycles. The smallest absolute Gasteiger partial charge is 0.250 e. The predicted octanol–water partition coefficient (Wildman–Crippen LogP) is 3.08. The second-order valence-electron chi connectivity index (χ2n) is 10.3. The minimum Gasteiger partial charge on any atom is -0.394 e. The molecular weight excluding hydrogens is 605 g/mol. The number of halogens is 2. The first-order valence-electron chi connectivity index (χ1n) is 13.8. The molecule has 1 heterocycles. The van der Waals surface area contributed by atoms with Crippen LogP contribution in [0.5, 0.6) is 0 Å². The Morgan fingerprint density at radius 3 is 2.20 bits per heavy atom. The van der Waals surface area contributed by atoms with Crippen LogP contribution < -0.4 is 21.3 Å². The van der Waals surface area contributed by atoms with Gasteiger partial charge >= 0.3 is 0 Å².